The van der Waals surface area contributed by atoms with Crippen LogP contribution in [0.2, 0.25) is 0 Å². The molecule has 1 aromatic carbocycles. The lowest BCUT2D eigenvalue weighted by atomic mass is 10.0. The fraction of sp³-hybridized carbons (Fsp3) is 0.323. The maximum absolute atomic E-state index is 16.0. The molecule has 1 saturated heterocycles. The first-order valence-corrected chi connectivity index (χ1v) is 15.9. The second-order valence-electron chi connectivity index (χ2n) is 11.3. The van der Waals surface area contributed by atoms with Crippen LogP contribution in [-0.4, -0.2) is 69.7 Å². The number of nitrogens with zero attached hydrogens (tertiary/aromatic N) is 6. The van der Waals surface area contributed by atoms with Crippen molar-refractivity contribution >= 4 is 32.6 Å². The van der Waals surface area contributed by atoms with Crippen molar-refractivity contribution < 1.29 is 35.2 Å². The maximum atomic E-state index is 16.0. The molecule has 3 aromatic heterocycles. The molecule has 16 heteroatoms. The van der Waals surface area contributed by atoms with Crippen LogP contribution in [0.25, 0.3) is 28.0 Å². The highest BCUT2D eigenvalue weighted by molar-refractivity contribution is 7.92. The lowest BCUT2D eigenvalue weighted by Gasteiger charge is -2.40. The van der Waals surface area contributed by atoms with Gasteiger partial charge in [0.2, 0.25) is 5.91 Å². The molecule has 0 bridgehead atoms. The molecule has 0 radical (unpaired) electrons. The van der Waals surface area contributed by atoms with Gasteiger partial charge in [-0.25, -0.2) is 31.5 Å². The summed E-state index contributed by atoms with van der Waals surface area (Å²) in [6, 6.07) is 3.55. The predicted octanol–water partition coefficient (Wildman–Crippen LogP) is 4.85. The number of amides is 1. The SMILES string of the molecule is C=CC(=O)N1CCN(c2nc(=O)n(-c3c(S(=O)(=O)C(C)C)ccnc3C)c3nc(-c4c(F)cccc4C(F)(F)F)c(F)cc23)[C@@H](C)C1. The Hall–Kier alpha value is -4.73. The number of carbonyl (C=O) groups excluding carboxylic acids is 1. The van der Waals surface area contributed by atoms with Crippen LogP contribution in [0, 0.1) is 18.6 Å². The minimum atomic E-state index is -5.11. The van der Waals surface area contributed by atoms with Crippen LogP contribution in [0.1, 0.15) is 32.0 Å². The highest BCUT2D eigenvalue weighted by Gasteiger charge is 2.37. The quantitative estimate of drug-likeness (QED) is 0.210. The number of carbonyl (C=O) groups is 1. The van der Waals surface area contributed by atoms with Gasteiger partial charge in [0.1, 0.15) is 17.3 Å². The Morgan fingerprint density at radius 1 is 1.11 bits per heavy atom. The van der Waals surface area contributed by atoms with Crippen LogP contribution in [0.5, 0.6) is 0 Å². The minimum absolute atomic E-state index is 0.0177. The third kappa shape index (κ3) is 5.85. The van der Waals surface area contributed by atoms with Gasteiger partial charge in [0.05, 0.1) is 38.0 Å². The van der Waals surface area contributed by atoms with Gasteiger partial charge >= 0.3 is 11.9 Å². The molecule has 248 valence electrons. The fourth-order valence-corrected chi connectivity index (χ4v) is 6.86. The molecule has 5 rings (SSSR count). The predicted molar refractivity (Wildman–Crippen MR) is 164 cm³/mol. The molecule has 0 spiro atoms. The van der Waals surface area contributed by atoms with Crippen LogP contribution in [0.3, 0.4) is 0 Å². The number of piperazine rings is 1. The standard InChI is InChI=1S/C31H29F5N6O4S/c1-6-24(43)40-12-13-41(17(4)15-40)28-19-14-22(33)26(25-20(31(34,35)36)8-7-9-21(25)32)38-29(19)42(30(44)39-28)27-18(5)37-11-10-23(27)47(45,46)16(2)3/h6-11,14,16-17H,1,12-13,15H2,2-5H3/t17-/m0/s1. The Bertz CT molecular complexity index is 2100. The molecular formula is C31H29F5N6O4S. The van der Waals surface area contributed by atoms with Crippen molar-refractivity contribution in [3.63, 3.8) is 0 Å². The maximum Gasteiger partial charge on any atom is 0.417 e. The smallest absolute Gasteiger partial charge is 0.350 e. The summed E-state index contributed by atoms with van der Waals surface area (Å²) >= 11 is 0. The monoisotopic (exact) mass is 676 g/mol. The van der Waals surface area contributed by atoms with Crippen molar-refractivity contribution in [1.29, 1.82) is 0 Å². The number of alkyl halides is 3. The molecule has 1 atom stereocenters. The van der Waals surface area contributed by atoms with Crippen molar-refractivity contribution in [2.75, 3.05) is 24.5 Å². The summed E-state index contributed by atoms with van der Waals surface area (Å²) in [4.78, 5) is 41.5. The largest absolute Gasteiger partial charge is 0.417 e. The zero-order valence-corrected chi connectivity index (χ0v) is 26.5. The number of rotatable bonds is 6. The van der Waals surface area contributed by atoms with Gasteiger partial charge in [0.15, 0.2) is 21.3 Å². The third-order valence-electron chi connectivity index (χ3n) is 7.96. The Kier molecular flexibility index (Phi) is 8.68. The van der Waals surface area contributed by atoms with Crippen LogP contribution >= 0.6 is 0 Å². The first kappa shape index (κ1) is 33.6. The fourth-order valence-electron chi connectivity index (χ4n) is 5.59. The van der Waals surface area contributed by atoms with E-state index in [1.165, 1.54) is 31.9 Å². The van der Waals surface area contributed by atoms with Crippen LogP contribution in [-0.2, 0) is 20.8 Å². The number of benzene rings is 1. The van der Waals surface area contributed by atoms with E-state index in [4.69, 9.17) is 0 Å². The van der Waals surface area contributed by atoms with E-state index in [9.17, 15) is 31.2 Å². The van der Waals surface area contributed by atoms with Crippen LogP contribution < -0.4 is 10.6 Å². The van der Waals surface area contributed by atoms with E-state index >= 15 is 8.78 Å². The van der Waals surface area contributed by atoms with E-state index in [1.807, 2.05) is 0 Å². The van der Waals surface area contributed by atoms with Gasteiger partial charge in [-0.05, 0) is 58.0 Å². The first-order valence-electron chi connectivity index (χ1n) is 14.4. The van der Waals surface area contributed by atoms with E-state index in [0.717, 1.165) is 28.8 Å². The van der Waals surface area contributed by atoms with Gasteiger partial charge in [-0.2, -0.15) is 18.2 Å². The van der Waals surface area contributed by atoms with Gasteiger partial charge in [0, 0.05) is 31.9 Å². The lowest BCUT2D eigenvalue weighted by molar-refractivity contribution is -0.137. The minimum Gasteiger partial charge on any atom is -0.350 e. The molecule has 0 unspecified atom stereocenters. The number of anilines is 1. The molecular weight excluding hydrogens is 647 g/mol. The number of hydrogen-bond donors (Lipinski definition) is 0. The van der Waals surface area contributed by atoms with Crippen LogP contribution in [0.4, 0.5) is 27.8 Å². The molecule has 0 aliphatic carbocycles. The topological polar surface area (TPSA) is 118 Å². The molecule has 47 heavy (non-hydrogen) atoms. The Balaban J connectivity index is 1.90. The molecule has 4 aromatic rings. The Morgan fingerprint density at radius 3 is 2.43 bits per heavy atom. The summed E-state index contributed by atoms with van der Waals surface area (Å²) < 4.78 is 101. The summed E-state index contributed by atoms with van der Waals surface area (Å²) in [7, 11) is -4.12. The van der Waals surface area contributed by atoms with E-state index in [-0.39, 0.29) is 53.0 Å². The number of aryl methyl sites for hydroxylation is 1. The average molecular weight is 677 g/mol. The summed E-state index contributed by atoms with van der Waals surface area (Å²) in [5.41, 5.74) is -5.62. The van der Waals surface area contributed by atoms with Crippen molar-refractivity contribution in [3.8, 4) is 16.9 Å². The highest BCUT2D eigenvalue weighted by Crippen LogP contribution is 2.40. The molecule has 1 aliphatic rings. The molecule has 0 saturated carbocycles. The van der Waals surface area contributed by atoms with Crippen molar-refractivity contribution in [3.05, 3.63) is 82.6 Å². The summed E-state index contributed by atoms with van der Waals surface area (Å²) in [5, 5.41) is -1.15. The number of halogens is 5. The second kappa shape index (κ2) is 12.1. The van der Waals surface area contributed by atoms with E-state index in [1.54, 1.807) is 11.8 Å². The Labute approximate surface area is 266 Å². The van der Waals surface area contributed by atoms with Gasteiger partial charge in [-0.15, -0.1) is 0 Å². The van der Waals surface area contributed by atoms with Crippen LogP contribution in [0.15, 0.2) is 58.9 Å². The van der Waals surface area contributed by atoms with E-state index in [0.29, 0.717) is 12.1 Å². The van der Waals surface area contributed by atoms with Gasteiger partial charge in [-0.1, -0.05) is 12.6 Å². The summed E-state index contributed by atoms with van der Waals surface area (Å²) in [5.74, 6) is -3.23. The first-order chi connectivity index (χ1) is 22.0. The van der Waals surface area contributed by atoms with Gasteiger partial charge in [-0.3, -0.25) is 9.78 Å². The second-order valence-corrected chi connectivity index (χ2v) is 13.7. The molecule has 1 fully saturated rings. The third-order valence-corrected chi connectivity index (χ3v) is 10.1. The lowest BCUT2D eigenvalue weighted by Crippen LogP contribution is -2.54. The molecule has 4 heterocycles. The molecule has 0 N–H and O–H groups in total. The zero-order chi connectivity index (χ0) is 34.6. The number of sulfone groups is 1. The van der Waals surface area contributed by atoms with Gasteiger partial charge < -0.3 is 9.80 Å². The molecule has 1 amide bonds. The molecule has 10 nitrogen and oxygen atoms in total. The number of aromatic nitrogens is 4. The van der Waals surface area contributed by atoms with E-state index < -0.39 is 67.1 Å². The number of pyridine rings is 2. The highest BCUT2D eigenvalue weighted by atomic mass is 32.2. The number of fused-ring (bicyclic) bond motifs is 1. The summed E-state index contributed by atoms with van der Waals surface area (Å²) in [6.07, 6.45) is -2.75. The van der Waals surface area contributed by atoms with Crippen molar-refractivity contribution in [1.82, 2.24) is 24.4 Å². The summed E-state index contributed by atoms with van der Waals surface area (Å²) in [6.45, 7) is 9.87. The van der Waals surface area contributed by atoms with E-state index in [2.05, 4.69) is 21.5 Å². The van der Waals surface area contributed by atoms with Gasteiger partial charge in [0.25, 0.3) is 0 Å². The Morgan fingerprint density at radius 2 is 1.81 bits per heavy atom. The van der Waals surface area contributed by atoms with Crippen molar-refractivity contribution in [2.45, 2.75) is 50.1 Å². The number of hydrogen-bond acceptors (Lipinski definition) is 8. The van der Waals surface area contributed by atoms with Crippen molar-refractivity contribution in [2.24, 2.45) is 0 Å². The molecule has 1 aliphatic heterocycles. The normalized spacial score (nSPS) is 15.8. The zero-order valence-electron chi connectivity index (χ0n) is 25.6. The average Bonchev–Trinajstić information content (AvgIpc) is 3.00.